The maximum atomic E-state index is 12.7. The van der Waals surface area contributed by atoms with Crippen molar-refractivity contribution in [2.24, 2.45) is 10.7 Å². The van der Waals surface area contributed by atoms with Crippen molar-refractivity contribution in [3.05, 3.63) is 58.3 Å². The molecule has 1 aromatic carbocycles. The number of guanidine groups is 1. The summed E-state index contributed by atoms with van der Waals surface area (Å²) in [4.78, 5) is 21.5. The predicted octanol–water partition coefficient (Wildman–Crippen LogP) is 3.94. The first kappa shape index (κ1) is 22.1. The van der Waals surface area contributed by atoms with Gasteiger partial charge in [-0.25, -0.2) is 4.98 Å². The standard InChI is InChI=1S/C17H14Cl4N6O/c1-17(20,21)15(26-14(28)10-2-4-11(18)5-3-10)27(16(23)25-9-22)12-6-7-13(19)24-8-12/h2-8,15H,1H3,(H2,23,25)(H,26,28). The number of alkyl halides is 2. The quantitative estimate of drug-likeness (QED) is 0.176. The molecule has 0 radical (unpaired) electrons. The van der Waals surface area contributed by atoms with Crippen LogP contribution in [0.2, 0.25) is 10.2 Å². The smallest absolute Gasteiger partial charge is 0.252 e. The van der Waals surface area contributed by atoms with Gasteiger partial charge in [0.15, 0.2) is 4.33 Å². The third-order valence-corrected chi connectivity index (χ3v) is 4.40. The lowest BCUT2D eigenvalue weighted by molar-refractivity contribution is 0.0935. The number of nitrogens with zero attached hydrogens (tertiary/aromatic N) is 4. The summed E-state index contributed by atoms with van der Waals surface area (Å²) in [7, 11) is 0. The summed E-state index contributed by atoms with van der Waals surface area (Å²) in [6.45, 7) is 1.46. The van der Waals surface area contributed by atoms with E-state index in [-0.39, 0.29) is 11.1 Å². The highest BCUT2D eigenvalue weighted by Crippen LogP contribution is 2.30. The van der Waals surface area contributed by atoms with Gasteiger partial charge >= 0.3 is 0 Å². The van der Waals surface area contributed by atoms with Gasteiger partial charge in [-0.1, -0.05) is 46.4 Å². The molecule has 0 saturated carbocycles. The van der Waals surface area contributed by atoms with E-state index in [4.69, 9.17) is 57.4 Å². The molecule has 0 aliphatic rings. The van der Waals surface area contributed by atoms with Gasteiger partial charge in [-0.3, -0.25) is 9.69 Å². The van der Waals surface area contributed by atoms with E-state index in [9.17, 15) is 4.79 Å². The third kappa shape index (κ3) is 5.63. The average molecular weight is 460 g/mol. The highest BCUT2D eigenvalue weighted by atomic mass is 35.5. The summed E-state index contributed by atoms with van der Waals surface area (Å²) in [5, 5.41) is 12.3. The number of amides is 1. The molecule has 1 amide bonds. The highest BCUT2D eigenvalue weighted by Gasteiger charge is 2.38. The van der Waals surface area contributed by atoms with Crippen molar-refractivity contribution in [2.75, 3.05) is 4.90 Å². The van der Waals surface area contributed by atoms with E-state index in [2.05, 4.69) is 15.3 Å². The van der Waals surface area contributed by atoms with Crippen LogP contribution in [0.1, 0.15) is 17.3 Å². The van der Waals surface area contributed by atoms with Gasteiger partial charge in [0.05, 0.1) is 11.9 Å². The van der Waals surface area contributed by atoms with Gasteiger partial charge in [0.2, 0.25) is 12.2 Å². The van der Waals surface area contributed by atoms with Crippen molar-refractivity contribution in [1.82, 2.24) is 10.3 Å². The number of halogens is 4. The second-order valence-electron chi connectivity index (χ2n) is 5.62. The number of aromatic nitrogens is 1. The second kappa shape index (κ2) is 9.30. The van der Waals surface area contributed by atoms with Crippen LogP contribution < -0.4 is 16.0 Å². The van der Waals surface area contributed by atoms with Gasteiger partial charge in [0.1, 0.15) is 11.3 Å². The molecule has 0 saturated heterocycles. The molecule has 146 valence electrons. The summed E-state index contributed by atoms with van der Waals surface area (Å²) in [5.74, 6) is -0.744. The van der Waals surface area contributed by atoms with E-state index >= 15 is 0 Å². The fourth-order valence-electron chi connectivity index (χ4n) is 2.26. The van der Waals surface area contributed by atoms with Crippen molar-refractivity contribution < 1.29 is 4.79 Å². The summed E-state index contributed by atoms with van der Waals surface area (Å²) in [6.07, 6.45) is 1.85. The van der Waals surface area contributed by atoms with Crippen LogP contribution in [0.3, 0.4) is 0 Å². The molecule has 2 aromatic rings. The molecule has 2 rings (SSSR count). The van der Waals surface area contributed by atoms with Crippen LogP contribution in [0.15, 0.2) is 47.6 Å². The first-order chi connectivity index (χ1) is 13.1. The molecule has 3 N–H and O–H groups in total. The number of nitriles is 1. The Balaban J connectivity index is 2.47. The molecule has 1 unspecified atom stereocenters. The first-order valence-corrected chi connectivity index (χ1v) is 9.22. The number of rotatable bonds is 5. The maximum absolute atomic E-state index is 12.7. The number of nitrogens with one attached hydrogen (secondary N) is 1. The van der Waals surface area contributed by atoms with Crippen LogP contribution in [0.4, 0.5) is 5.69 Å². The van der Waals surface area contributed by atoms with E-state index in [0.29, 0.717) is 16.3 Å². The lowest BCUT2D eigenvalue weighted by Gasteiger charge is -2.37. The number of aliphatic imine (C=N–C) groups is 1. The molecule has 1 atom stereocenters. The fraction of sp³-hybridized carbons (Fsp3) is 0.176. The van der Waals surface area contributed by atoms with Crippen LogP contribution in [0.5, 0.6) is 0 Å². The first-order valence-electron chi connectivity index (χ1n) is 7.70. The minimum atomic E-state index is -1.54. The largest absolute Gasteiger partial charge is 0.369 e. The van der Waals surface area contributed by atoms with E-state index in [1.807, 2.05) is 0 Å². The second-order valence-corrected chi connectivity index (χ2v) is 8.21. The van der Waals surface area contributed by atoms with Gasteiger partial charge in [-0.05, 0) is 43.3 Å². The molecular weight excluding hydrogens is 446 g/mol. The molecule has 1 heterocycles. The third-order valence-electron chi connectivity index (χ3n) is 3.51. The number of pyridine rings is 1. The number of nitrogens with two attached hydrogens (primary N) is 1. The zero-order chi connectivity index (χ0) is 20.9. The van der Waals surface area contributed by atoms with Gasteiger partial charge in [-0.15, -0.1) is 4.99 Å². The van der Waals surface area contributed by atoms with Gasteiger partial charge in [0.25, 0.3) is 5.91 Å². The lowest BCUT2D eigenvalue weighted by atomic mass is 10.2. The monoisotopic (exact) mass is 458 g/mol. The molecule has 7 nitrogen and oxygen atoms in total. The molecule has 0 fully saturated rings. The van der Waals surface area contributed by atoms with E-state index in [0.717, 1.165) is 0 Å². The SMILES string of the molecule is CC(Cl)(Cl)C(NC(=O)c1ccc(Cl)cc1)N(C(N)=NC#N)c1ccc(Cl)nc1. The Kier molecular flexibility index (Phi) is 7.33. The number of carbonyl (C=O) groups excluding carboxylic acids is 1. The van der Waals surface area contributed by atoms with Crippen LogP contribution in [-0.2, 0) is 0 Å². The Labute approximate surface area is 181 Å². The van der Waals surface area contributed by atoms with E-state index in [1.165, 1.54) is 36.2 Å². The maximum Gasteiger partial charge on any atom is 0.252 e. The minimum Gasteiger partial charge on any atom is -0.369 e. The molecular formula is C17H14Cl4N6O. The summed E-state index contributed by atoms with van der Waals surface area (Å²) >= 11 is 24.3. The number of benzene rings is 1. The minimum absolute atomic E-state index is 0.237. The normalized spacial score (nSPS) is 12.8. The van der Waals surface area contributed by atoms with E-state index < -0.39 is 16.4 Å². The van der Waals surface area contributed by atoms with Gasteiger partial charge in [0, 0.05) is 10.6 Å². The Morgan fingerprint density at radius 1 is 1.29 bits per heavy atom. The van der Waals surface area contributed by atoms with Crippen LogP contribution in [0, 0.1) is 11.5 Å². The number of hydrogen-bond acceptors (Lipinski definition) is 4. The van der Waals surface area contributed by atoms with Crippen molar-refractivity contribution in [1.29, 1.82) is 5.26 Å². The van der Waals surface area contributed by atoms with E-state index in [1.54, 1.807) is 24.4 Å². The van der Waals surface area contributed by atoms with Crippen LogP contribution in [0.25, 0.3) is 0 Å². The average Bonchev–Trinajstić information content (AvgIpc) is 2.62. The van der Waals surface area contributed by atoms with Crippen LogP contribution >= 0.6 is 46.4 Å². The summed E-state index contributed by atoms with van der Waals surface area (Å²) < 4.78 is -1.54. The number of hydrogen-bond donors (Lipinski definition) is 2. The van der Waals surface area contributed by atoms with Crippen molar-refractivity contribution >= 4 is 64.0 Å². The van der Waals surface area contributed by atoms with Crippen molar-refractivity contribution in [3.8, 4) is 6.19 Å². The predicted molar refractivity (Wildman–Crippen MR) is 112 cm³/mol. The lowest BCUT2D eigenvalue weighted by Crippen LogP contribution is -2.60. The fourth-order valence-corrected chi connectivity index (χ4v) is 2.80. The number of anilines is 1. The van der Waals surface area contributed by atoms with Gasteiger partial charge in [-0.2, -0.15) is 5.26 Å². The molecule has 11 heteroatoms. The van der Waals surface area contributed by atoms with Gasteiger partial charge < -0.3 is 11.1 Å². The molecule has 1 aromatic heterocycles. The Bertz CT molecular complexity index is 903. The number of carbonyl (C=O) groups is 1. The Morgan fingerprint density at radius 2 is 1.93 bits per heavy atom. The molecule has 0 bridgehead atoms. The Morgan fingerprint density at radius 3 is 2.43 bits per heavy atom. The zero-order valence-electron chi connectivity index (χ0n) is 14.4. The summed E-state index contributed by atoms with van der Waals surface area (Å²) in [5.41, 5.74) is 6.61. The summed E-state index contributed by atoms with van der Waals surface area (Å²) in [6, 6.07) is 9.28. The highest BCUT2D eigenvalue weighted by molar-refractivity contribution is 6.49. The topological polar surface area (TPSA) is 107 Å². The molecule has 0 aliphatic heterocycles. The molecule has 0 spiro atoms. The molecule has 28 heavy (non-hydrogen) atoms. The van der Waals surface area contributed by atoms with Crippen molar-refractivity contribution in [2.45, 2.75) is 17.4 Å². The zero-order valence-corrected chi connectivity index (χ0v) is 17.4. The van der Waals surface area contributed by atoms with Crippen LogP contribution in [-0.4, -0.2) is 27.3 Å². The Hall–Kier alpha value is -2.24. The van der Waals surface area contributed by atoms with Crippen molar-refractivity contribution in [3.63, 3.8) is 0 Å². The molecule has 0 aliphatic carbocycles.